The van der Waals surface area contributed by atoms with Crippen LogP contribution in [0.2, 0.25) is 5.02 Å². The topological polar surface area (TPSA) is 29.3 Å². The number of nitrogens with zero attached hydrogens (tertiary/aromatic N) is 1. The van der Waals surface area contributed by atoms with Gasteiger partial charge in [-0.3, -0.25) is 4.90 Å². The average Bonchev–Trinajstić information content (AvgIpc) is 2.49. The first kappa shape index (κ1) is 15.6. The molecule has 2 nitrogen and oxygen atoms in total. The molecule has 2 aromatic carbocycles. The van der Waals surface area contributed by atoms with E-state index in [2.05, 4.69) is 42.0 Å². The molecule has 0 aliphatic carbocycles. The number of benzene rings is 2. The van der Waals surface area contributed by atoms with Crippen molar-refractivity contribution in [3.63, 3.8) is 0 Å². The van der Waals surface area contributed by atoms with Gasteiger partial charge in [-0.05, 0) is 36.4 Å². The zero-order valence-corrected chi connectivity index (χ0v) is 12.9. The van der Waals surface area contributed by atoms with Gasteiger partial charge in [0.1, 0.15) is 0 Å². The van der Waals surface area contributed by atoms with E-state index in [9.17, 15) is 0 Å². The van der Waals surface area contributed by atoms with Gasteiger partial charge in [0.05, 0.1) is 6.54 Å². The van der Waals surface area contributed by atoms with Crippen molar-refractivity contribution in [2.45, 2.75) is 13.1 Å². The summed E-state index contributed by atoms with van der Waals surface area (Å²) in [6.45, 7) is 2.09. The van der Waals surface area contributed by atoms with Crippen LogP contribution in [-0.2, 0) is 13.1 Å². The first-order chi connectivity index (χ1) is 10.2. The molecule has 0 atom stereocenters. The van der Waals surface area contributed by atoms with E-state index < -0.39 is 0 Å². The lowest BCUT2D eigenvalue weighted by Gasteiger charge is -2.17. The van der Waals surface area contributed by atoms with Crippen LogP contribution in [0.25, 0.3) is 0 Å². The van der Waals surface area contributed by atoms with Gasteiger partial charge in [0.25, 0.3) is 0 Å². The van der Waals surface area contributed by atoms with Crippen molar-refractivity contribution >= 4 is 11.6 Å². The Morgan fingerprint density at radius 3 is 2.43 bits per heavy atom. The summed E-state index contributed by atoms with van der Waals surface area (Å²) in [7, 11) is 2.09. The number of halogens is 1. The molecule has 0 amide bonds. The van der Waals surface area contributed by atoms with E-state index in [4.69, 9.17) is 17.3 Å². The molecule has 0 heterocycles. The van der Waals surface area contributed by atoms with Gasteiger partial charge in [-0.1, -0.05) is 53.8 Å². The van der Waals surface area contributed by atoms with E-state index in [1.807, 2.05) is 30.3 Å². The van der Waals surface area contributed by atoms with E-state index in [0.717, 1.165) is 29.2 Å². The van der Waals surface area contributed by atoms with Gasteiger partial charge < -0.3 is 5.73 Å². The van der Waals surface area contributed by atoms with Crippen LogP contribution in [-0.4, -0.2) is 18.5 Å². The van der Waals surface area contributed by atoms with Crippen molar-refractivity contribution in [1.29, 1.82) is 0 Å². The van der Waals surface area contributed by atoms with Crippen LogP contribution >= 0.6 is 11.6 Å². The van der Waals surface area contributed by atoms with Gasteiger partial charge >= 0.3 is 0 Å². The quantitative estimate of drug-likeness (QED) is 0.878. The summed E-state index contributed by atoms with van der Waals surface area (Å²) in [5, 5.41) is 0.816. The smallest absolute Gasteiger partial charge is 0.0555 e. The minimum absolute atomic E-state index is 0.391. The molecule has 2 rings (SSSR count). The minimum Gasteiger partial charge on any atom is -0.320 e. The van der Waals surface area contributed by atoms with E-state index in [0.29, 0.717) is 6.54 Å². The Balaban J connectivity index is 1.96. The first-order valence-electron chi connectivity index (χ1n) is 6.89. The van der Waals surface area contributed by atoms with Gasteiger partial charge in [-0.25, -0.2) is 0 Å². The highest BCUT2D eigenvalue weighted by molar-refractivity contribution is 6.31. The molecule has 0 bridgehead atoms. The molecule has 0 fully saturated rings. The van der Waals surface area contributed by atoms with Crippen LogP contribution in [0.3, 0.4) is 0 Å². The molecule has 108 valence electrons. The summed E-state index contributed by atoms with van der Waals surface area (Å²) in [6.07, 6.45) is 0. The maximum atomic E-state index is 6.19. The van der Waals surface area contributed by atoms with Crippen LogP contribution in [0, 0.1) is 11.8 Å². The molecule has 0 unspecified atom stereocenters. The Bertz CT molecular complexity index is 638. The first-order valence-corrected chi connectivity index (χ1v) is 7.26. The van der Waals surface area contributed by atoms with Crippen molar-refractivity contribution in [1.82, 2.24) is 4.90 Å². The lowest BCUT2D eigenvalue weighted by Crippen LogP contribution is -2.17. The highest BCUT2D eigenvalue weighted by Crippen LogP contribution is 2.17. The fourth-order valence-electron chi connectivity index (χ4n) is 2.13. The van der Waals surface area contributed by atoms with Crippen LogP contribution in [0.1, 0.15) is 16.7 Å². The number of nitrogens with two attached hydrogens (primary N) is 1. The van der Waals surface area contributed by atoms with Crippen molar-refractivity contribution in [2.24, 2.45) is 5.73 Å². The molecule has 21 heavy (non-hydrogen) atoms. The lowest BCUT2D eigenvalue weighted by atomic mass is 10.1. The number of hydrogen-bond acceptors (Lipinski definition) is 2. The van der Waals surface area contributed by atoms with Gasteiger partial charge in [-0.15, -0.1) is 0 Å². The maximum Gasteiger partial charge on any atom is 0.0555 e. The Hall–Kier alpha value is -1.79. The molecular weight excluding hydrogens is 280 g/mol. The monoisotopic (exact) mass is 298 g/mol. The predicted molar refractivity (Wildman–Crippen MR) is 89.0 cm³/mol. The third-order valence-electron chi connectivity index (χ3n) is 3.14. The van der Waals surface area contributed by atoms with E-state index >= 15 is 0 Å². The molecule has 0 radical (unpaired) electrons. The second-order valence-corrected chi connectivity index (χ2v) is 5.37. The molecular formula is C18H19ClN2. The lowest BCUT2D eigenvalue weighted by molar-refractivity contribution is 0.319. The van der Waals surface area contributed by atoms with Gasteiger partial charge in [0, 0.05) is 23.7 Å². The molecule has 2 N–H and O–H groups in total. The molecule has 2 aromatic rings. The number of hydrogen-bond donors (Lipinski definition) is 1. The minimum atomic E-state index is 0.391. The Morgan fingerprint density at radius 2 is 1.76 bits per heavy atom. The molecule has 0 saturated heterocycles. The third-order valence-corrected chi connectivity index (χ3v) is 3.51. The van der Waals surface area contributed by atoms with E-state index in [-0.39, 0.29) is 0 Å². The second kappa shape index (κ2) is 7.85. The largest absolute Gasteiger partial charge is 0.320 e. The Morgan fingerprint density at radius 1 is 1.05 bits per heavy atom. The summed E-state index contributed by atoms with van der Waals surface area (Å²) in [5.74, 6) is 5.88. The van der Waals surface area contributed by atoms with Crippen LogP contribution in [0.4, 0.5) is 0 Å². The van der Waals surface area contributed by atoms with E-state index in [1.165, 1.54) is 5.56 Å². The summed E-state index contributed by atoms with van der Waals surface area (Å²) in [4.78, 5) is 2.24. The molecule has 0 spiro atoms. The van der Waals surface area contributed by atoms with Crippen molar-refractivity contribution in [3.8, 4) is 11.8 Å². The van der Waals surface area contributed by atoms with Gasteiger partial charge in [-0.2, -0.15) is 0 Å². The molecule has 0 aliphatic heterocycles. The Labute approximate surface area is 131 Å². The van der Waals surface area contributed by atoms with Crippen molar-refractivity contribution in [2.75, 3.05) is 13.6 Å². The van der Waals surface area contributed by atoms with Crippen LogP contribution in [0.15, 0.2) is 48.5 Å². The standard InChI is InChI=1S/C18H19ClN2/c1-21(14-17-6-2-3-7-18(17)19)13-16-10-8-15(9-11-16)5-4-12-20/h2-3,6-11H,12-14,20H2,1H3. The summed E-state index contributed by atoms with van der Waals surface area (Å²) in [6, 6.07) is 16.2. The second-order valence-electron chi connectivity index (χ2n) is 4.97. The van der Waals surface area contributed by atoms with Crippen molar-refractivity contribution in [3.05, 3.63) is 70.2 Å². The highest BCUT2D eigenvalue weighted by atomic mass is 35.5. The normalized spacial score (nSPS) is 10.3. The van der Waals surface area contributed by atoms with Gasteiger partial charge in [0.15, 0.2) is 0 Å². The fraction of sp³-hybridized carbons (Fsp3) is 0.222. The number of rotatable bonds is 4. The average molecular weight is 299 g/mol. The highest BCUT2D eigenvalue weighted by Gasteiger charge is 2.04. The molecule has 0 saturated carbocycles. The van der Waals surface area contributed by atoms with Crippen molar-refractivity contribution < 1.29 is 0 Å². The van der Waals surface area contributed by atoms with Crippen LogP contribution in [0.5, 0.6) is 0 Å². The van der Waals surface area contributed by atoms with E-state index in [1.54, 1.807) is 0 Å². The summed E-state index contributed by atoms with van der Waals surface area (Å²) in [5.41, 5.74) is 8.76. The SMILES string of the molecule is CN(Cc1ccc(C#CCN)cc1)Cc1ccccc1Cl. The predicted octanol–water partition coefficient (Wildman–Crippen LogP) is 3.28. The summed E-state index contributed by atoms with van der Waals surface area (Å²) >= 11 is 6.19. The Kier molecular flexibility index (Phi) is 5.83. The zero-order valence-electron chi connectivity index (χ0n) is 12.1. The maximum absolute atomic E-state index is 6.19. The molecule has 3 heteroatoms. The zero-order chi connectivity index (χ0) is 15.1. The third kappa shape index (κ3) is 4.91. The van der Waals surface area contributed by atoms with Crippen LogP contribution < -0.4 is 5.73 Å². The summed E-state index contributed by atoms with van der Waals surface area (Å²) < 4.78 is 0. The molecule has 0 aromatic heterocycles. The fourth-order valence-corrected chi connectivity index (χ4v) is 2.33. The van der Waals surface area contributed by atoms with Gasteiger partial charge in [0.2, 0.25) is 0 Å². The molecule has 0 aliphatic rings.